The van der Waals surface area contributed by atoms with Crippen molar-refractivity contribution < 1.29 is 23.8 Å². The van der Waals surface area contributed by atoms with Crippen LogP contribution in [-0.4, -0.2) is 67.1 Å². The lowest BCUT2D eigenvalue weighted by Gasteiger charge is -2.38. The number of hydrogen-bond donors (Lipinski definition) is 0. The second-order valence-electron chi connectivity index (χ2n) is 9.11. The van der Waals surface area contributed by atoms with Gasteiger partial charge in [0.05, 0.1) is 25.6 Å². The Bertz CT molecular complexity index is 959. The van der Waals surface area contributed by atoms with Crippen LogP contribution in [0.4, 0.5) is 0 Å². The van der Waals surface area contributed by atoms with Crippen LogP contribution in [0.5, 0.6) is 17.2 Å². The summed E-state index contributed by atoms with van der Waals surface area (Å²) in [6.45, 7) is 5.46. The van der Waals surface area contributed by atoms with Gasteiger partial charge in [0.1, 0.15) is 11.9 Å². The number of likely N-dealkylation sites (tertiary alicyclic amines) is 2. The van der Waals surface area contributed by atoms with Crippen molar-refractivity contribution >= 4 is 11.8 Å². The number of benzene rings is 2. The fraction of sp³-hybridized carbons (Fsp3) is 0.500. The molecule has 0 aliphatic carbocycles. The molecule has 2 aromatic rings. The predicted molar refractivity (Wildman–Crippen MR) is 134 cm³/mol. The van der Waals surface area contributed by atoms with E-state index in [2.05, 4.69) is 0 Å². The van der Waals surface area contributed by atoms with Crippen molar-refractivity contribution in [2.75, 3.05) is 39.4 Å². The third-order valence-electron chi connectivity index (χ3n) is 6.65. The van der Waals surface area contributed by atoms with Crippen LogP contribution in [0, 0.1) is 5.92 Å². The van der Waals surface area contributed by atoms with Crippen molar-refractivity contribution in [3.8, 4) is 17.2 Å². The molecule has 188 valence electrons. The van der Waals surface area contributed by atoms with Gasteiger partial charge in [-0.1, -0.05) is 30.3 Å². The van der Waals surface area contributed by atoms with Gasteiger partial charge >= 0.3 is 0 Å². The fourth-order valence-corrected chi connectivity index (χ4v) is 4.79. The summed E-state index contributed by atoms with van der Waals surface area (Å²) in [4.78, 5) is 29.7. The van der Waals surface area contributed by atoms with Crippen LogP contribution in [0.25, 0.3) is 0 Å². The van der Waals surface area contributed by atoms with Crippen molar-refractivity contribution in [1.29, 1.82) is 0 Å². The number of para-hydroxylation sites is 3. The number of carbonyl (C=O) groups excluding carboxylic acids is 2. The van der Waals surface area contributed by atoms with Crippen LogP contribution >= 0.6 is 0 Å². The van der Waals surface area contributed by atoms with E-state index in [0.29, 0.717) is 45.8 Å². The molecular formula is C28H36N2O5. The third kappa shape index (κ3) is 6.90. The Balaban J connectivity index is 1.22. The van der Waals surface area contributed by atoms with Crippen LogP contribution < -0.4 is 14.2 Å². The highest BCUT2D eigenvalue weighted by Crippen LogP contribution is 2.30. The van der Waals surface area contributed by atoms with Gasteiger partial charge in [0.25, 0.3) is 0 Å². The van der Waals surface area contributed by atoms with Gasteiger partial charge < -0.3 is 24.0 Å². The minimum atomic E-state index is -0.126. The molecule has 2 aliphatic rings. The first kappa shape index (κ1) is 24.9. The van der Waals surface area contributed by atoms with Gasteiger partial charge in [-0.3, -0.25) is 9.59 Å². The summed E-state index contributed by atoms with van der Waals surface area (Å²) in [6, 6.07) is 17.2. The molecule has 1 atom stereocenters. The minimum absolute atomic E-state index is 0.0542. The molecule has 7 heteroatoms. The first-order valence-electron chi connectivity index (χ1n) is 12.8. The number of nitrogens with zero attached hydrogens (tertiary/aromatic N) is 2. The van der Waals surface area contributed by atoms with Gasteiger partial charge in [-0.15, -0.1) is 0 Å². The van der Waals surface area contributed by atoms with Crippen molar-refractivity contribution in [2.24, 2.45) is 5.92 Å². The molecule has 0 bridgehead atoms. The highest BCUT2D eigenvalue weighted by molar-refractivity contribution is 5.81. The van der Waals surface area contributed by atoms with E-state index in [1.165, 1.54) is 0 Å². The molecule has 1 unspecified atom stereocenters. The lowest BCUT2D eigenvalue weighted by Crippen LogP contribution is -2.49. The zero-order valence-electron chi connectivity index (χ0n) is 20.6. The molecular weight excluding hydrogens is 444 g/mol. The van der Waals surface area contributed by atoms with Crippen LogP contribution in [0.15, 0.2) is 54.6 Å². The summed E-state index contributed by atoms with van der Waals surface area (Å²) in [6.07, 6.45) is 3.66. The molecule has 0 spiro atoms. The number of rotatable bonds is 9. The first-order valence-corrected chi connectivity index (χ1v) is 12.8. The van der Waals surface area contributed by atoms with E-state index in [9.17, 15) is 9.59 Å². The van der Waals surface area contributed by atoms with Gasteiger partial charge in [0.2, 0.25) is 11.8 Å². The van der Waals surface area contributed by atoms with Crippen molar-refractivity contribution in [2.45, 2.75) is 45.1 Å². The normalized spacial score (nSPS) is 18.7. The number of amides is 2. The molecule has 0 aromatic heterocycles. The Hall–Kier alpha value is -3.22. The smallest absolute Gasteiger partial charge is 0.227 e. The van der Waals surface area contributed by atoms with Crippen molar-refractivity contribution in [3.63, 3.8) is 0 Å². The predicted octanol–water partition coefficient (Wildman–Crippen LogP) is 4.16. The monoisotopic (exact) mass is 480 g/mol. The fourth-order valence-electron chi connectivity index (χ4n) is 4.79. The van der Waals surface area contributed by atoms with E-state index in [1.54, 1.807) is 0 Å². The Labute approximate surface area is 207 Å². The van der Waals surface area contributed by atoms with Crippen LogP contribution in [-0.2, 0) is 9.59 Å². The summed E-state index contributed by atoms with van der Waals surface area (Å²) < 4.78 is 17.5. The number of ether oxygens (including phenoxy) is 3. The highest BCUT2D eigenvalue weighted by Gasteiger charge is 2.33. The first-order chi connectivity index (χ1) is 17.1. The summed E-state index contributed by atoms with van der Waals surface area (Å²) in [5, 5.41) is 0. The SMILES string of the molecule is CCOc1ccccc1OC1CCN(C(=O)C2CCCN(C(=O)CCOc3ccccc3)C2)CC1. The van der Waals surface area contributed by atoms with Gasteiger partial charge in [-0.25, -0.2) is 0 Å². The quantitative estimate of drug-likeness (QED) is 0.539. The lowest BCUT2D eigenvalue weighted by atomic mass is 9.95. The maximum absolute atomic E-state index is 13.2. The molecule has 2 amide bonds. The average molecular weight is 481 g/mol. The molecule has 7 nitrogen and oxygen atoms in total. The summed E-state index contributed by atoms with van der Waals surface area (Å²) in [7, 11) is 0. The molecule has 4 rings (SSSR count). The van der Waals surface area contributed by atoms with Crippen LogP contribution in [0.3, 0.4) is 0 Å². The van der Waals surface area contributed by atoms with Gasteiger partial charge in [0.15, 0.2) is 11.5 Å². The number of carbonyl (C=O) groups is 2. The minimum Gasteiger partial charge on any atom is -0.493 e. The molecule has 35 heavy (non-hydrogen) atoms. The molecule has 0 saturated carbocycles. The molecule has 0 N–H and O–H groups in total. The standard InChI is InChI=1S/C28H36N2O5/c1-2-33-25-12-6-7-13-26(25)35-24-14-18-29(19-15-24)28(32)22-9-8-17-30(21-22)27(31)16-20-34-23-10-4-3-5-11-23/h3-7,10-13,22,24H,2,8-9,14-21H2,1H3. The van der Waals surface area contributed by atoms with Gasteiger partial charge in [-0.05, 0) is 44.0 Å². The van der Waals surface area contributed by atoms with Crippen LogP contribution in [0.2, 0.25) is 0 Å². The Morgan fingerprint density at radius 3 is 2.31 bits per heavy atom. The van der Waals surface area contributed by atoms with Crippen molar-refractivity contribution in [3.05, 3.63) is 54.6 Å². The Kier molecular flexibility index (Phi) is 8.87. The number of piperidine rings is 2. The molecule has 2 fully saturated rings. The zero-order chi connectivity index (χ0) is 24.5. The maximum Gasteiger partial charge on any atom is 0.227 e. The van der Waals surface area contributed by atoms with Crippen molar-refractivity contribution in [1.82, 2.24) is 9.80 Å². The van der Waals surface area contributed by atoms with E-state index >= 15 is 0 Å². The summed E-state index contributed by atoms with van der Waals surface area (Å²) in [5.74, 6) is 2.38. The van der Waals surface area contributed by atoms with E-state index < -0.39 is 0 Å². The Morgan fingerprint density at radius 2 is 1.57 bits per heavy atom. The summed E-state index contributed by atoms with van der Waals surface area (Å²) in [5.41, 5.74) is 0. The topological polar surface area (TPSA) is 68.3 Å². The Morgan fingerprint density at radius 1 is 0.857 bits per heavy atom. The maximum atomic E-state index is 13.2. The van der Waals surface area contributed by atoms with Gasteiger partial charge in [-0.2, -0.15) is 0 Å². The molecule has 2 aliphatic heterocycles. The summed E-state index contributed by atoms with van der Waals surface area (Å²) >= 11 is 0. The van der Waals surface area contributed by atoms with Crippen LogP contribution in [0.1, 0.15) is 39.0 Å². The second-order valence-corrected chi connectivity index (χ2v) is 9.11. The highest BCUT2D eigenvalue weighted by atomic mass is 16.5. The molecule has 2 aromatic carbocycles. The zero-order valence-corrected chi connectivity index (χ0v) is 20.6. The molecule has 2 heterocycles. The third-order valence-corrected chi connectivity index (χ3v) is 6.65. The largest absolute Gasteiger partial charge is 0.493 e. The molecule has 0 radical (unpaired) electrons. The molecule has 2 saturated heterocycles. The number of hydrogen-bond acceptors (Lipinski definition) is 5. The van der Waals surface area contributed by atoms with Gasteiger partial charge in [0, 0.05) is 39.0 Å². The second kappa shape index (κ2) is 12.5. The van der Waals surface area contributed by atoms with E-state index in [4.69, 9.17) is 14.2 Å². The van der Waals surface area contributed by atoms with E-state index in [1.807, 2.05) is 71.3 Å². The average Bonchev–Trinajstić information content (AvgIpc) is 2.90. The van der Waals surface area contributed by atoms with E-state index in [0.717, 1.165) is 42.9 Å². The van der Waals surface area contributed by atoms with E-state index in [-0.39, 0.29) is 23.8 Å². The lowest BCUT2D eigenvalue weighted by molar-refractivity contribution is -0.142.